The Bertz CT molecular complexity index is 592. The summed E-state index contributed by atoms with van der Waals surface area (Å²) in [5.41, 5.74) is 8.34. The second-order valence-electron chi connectivity index (χ2n) is 5.33. The van der Waals surface area contributed by atoms with Gasteiger partial charge in [0.1, 0.15) is 0 Å². The number of anilines is 1. The molecule has 0 aliphatic rings. The zero-order chi connectivity index (χ0) is 15.8. The average Bonchev–Trinajstić information content (AvgIpc) is 2.94. The van der Waals surface area contributed by atoms with Gasteiger partial charge in [-0.1, -0.05) is 25.0 Å². The Morgan fingerprint density at radius 2 is 1.91 bits per heavy atom. The fraction of sp³-hybridized carbons (Fsp3) is 0.412. The molecule has 0 saturated carbocycles. The van der Waals surface area contributed by atoms with Gasteiger partial charge in [0.2, 0.25) is 5.91 Å². The highest BCUT2D eigenvalue weighted by atomic mass is 32.1. The third-order valence-electron chi connectivity index (χ3n) is 3.44. The minimum absolute atomic E-state index is 0.0741. The molecule has 0 saturated heterocycles. The van der Waals surface area contributed by atoms with E-state index in [2.05, 4.69) is 10.3 Å². The molecule has 118 valence electrons. The molecule has 4 nitrogen and oxygen atoms in total. The first-order valence-electron chi connectivity index (χ1n) is 7.71. The van der Waals surface area contributed by atoms with Crippen molar-refractivity contribution >= 4 is 22.9 Å². The molecule has 0 spiro atoms. The average molecular weight is 317 g/mol. The lowest BCUT2D eigenvalue weighted by Crippen LogP contribution is -2.11. The van der Waals surface area contributed by atoms with Crippen LogP contribution < -0.4 is 11.1 Å². The van der Waals surface area contributed by atoms with Crippen molar-refractivity contribution in [3.8, 4) is 11.3 Å². The van der Waals surface area contributed by atoms with Gasteiger partial charge in [0.15, 0.2) is 0 Å². The van der Waals surface area contributed by atoms with E-state index >= 15 is 0 Å². The quantitative estimate of drug-likeness (QED) is 0.724. The van der Waals surface area contributed by atoms with Crippen molar-refractivity contribution < 1.29 is 4.79 Å². The van der Waals surface area contributed by atoms with Crippen LogP contribution in [-0.4, -0.2) is 17.4 Å². The van der Waals surface area contributed by atoms with Crippen LogP contribution in [0, 0.1) is 6.92 Å². The van der Waals surface area contributed by atoms with Crippen molar-refractivity contribution in [2.75, 3.05) is 11.9 Å². The SMILES string of the molecule is Cc1nc(-c2ccc(NC(=O)CCCCCCN)cc2)cs1. The summed E-state index contributed by atoms with van der Waals surface area (Å²) >= 11 is 1.64. The van der Waals surface area contributed by atoms with Gasteiger partial charge in [0, 0.05) is 23.1 Å². The molecule has 2 rings (SSSR count). The zero-order valence-corrected chi connectivity index (χ0v) is 13.8. The van der Waals surface area contributed by atoms with Crippen LogP contribution in [0.2, 0.25) is 0 Å². The molecule has 0 bridgehead atoms. The molecule has 22 heavy (non-hydrogen) atoms. The maximum absolute atomic E-state index is 11.9. The van der Waals surface area contributed by atoms with Gasteiger partial charge in [-0.15, -0.1) is 11.3 Å². The first kappa shape index (κ1) is 16.6. The predicted molar refractivity (Wildman–Crippen MR) is 93.1 cm³/mol. The summed E-state index contributed by atoms with van der Waals surface area (Å²) in [5.74, 6) is 0.0741. The standard InChI is InChI=1S/C17H23N3OS/c1-13-19-16(12-22-13)14-7-9-15(10-8-14)20-17(21)6-4-2-3-5-11-18/h7-10,12H,2-6,11,18H2,1H3,(H,20,21). The number of aromatic nitrogens is 1. The Morgan fingerprint density at radius 3 is 2.55 bits per heavy atom. The van der Waals surface area contributed by atoms with E-state index in [9.17, 15) is 4.79 Å². The number of thiazole rings is 1. The maximum Gasteiger partial charge on any atom is 0.224 e. The molecular formula is C17H23N3OS. The van der Waals surface area contributed by atoms with E-state index in [1.165, 1.54) is 0 Å². The predicted octanol–water partition coefficient (Wildman–Crippen LogP) is 3.97. The molecule has 1 heterocycles. The molecule has 0 aliphatic heterocycles. The summed E-state index contributed by atoms with van der Waals surface area (Å²) in [4.78, 5) is 16.3. The lowest BCUT2D eigenvalue weighted by molar-refractivity contribution is -0.116. The van der Waals surface area contributed by atoms with Gasteiger partial charge in [-0.05, 0) is 38.4 Å². The molecular weight excluding hydrogens is 294 g/mol. The van der Waals surface area contributed by atoms with E-state index in [1.54, 1.807) is 11.3 Å². The van der Waals surface area contributed by atoms with Crippen LogP contribution in [0.15, 0.2) is 29.6 Å². The van der Waals surface area contributed by atoms with E-state index in [4.69, 9.17) is 5.73 Å². The zero-order valence-electron chi connectivity index (χ0n) is 13.0. The smallest absolute Gasteiger partial charge is 0.224 e. The molecule has 5 heteroatoms. The van der Waals surface area contributed by atoms with Crippen LogP contribution in [0.4, 0.5) is 5.69 Å². The molecule has 0 aliphatic carbocycles. The summed E-state index contributed by atoms with van der Waals surface area (Å²) in [6, 6.07) is 7.84. The van der Waals surface area contributed by atoms with Crippen LogP contribution in [0.25, 0.3) is 11.3 Å². The van der Waals surface area contributed by atoms with E-state index in [0.717, 1.165) is 54.2 Å². The monoisotopic (exact) mass is 317 g/mol. The highest BCUT2D eigenvalue weighted by Gasteiger charge is 2.04. The van der Waals surface area contributed by atoms with E-state index in [-0.39, 0.29) is 5.91 Å². The Hall–Kier alpha value is -1.72. The Balaban J connectivity index is 1.79. The van der Waals surface area contributed by atoms with Crippen molar-refractivity contribution in [3.05, 3.63) is 34.7 Å². The number of benzene rings is 1. The number of amides is 1. The number of carbonyl (C=O) groups excluding carboxylic acids is 1. The van der Waals surface area contributed by atoms with E-state index < -0.39 is 0 Å². The summed E-state index contributed by atoms with van der Waals surface area (Å²) in [5, 5.41) is 6.04. The third kappa shape index (κ3) is 5.24. The number of nitrogens with two attached hydrogens (primary N) is 1. The van der Waals surface area contributed by atoms with Gasteiger partial charge in [0.05, 0.1) is 10.7 Å². The minimum atomic E-state index is 0.0741. The Morgan fingerprint density at radius 1 is 1.18 bits per heavy atom. The van der Waals surface area contributed by atoms with Crippen molar-refractivity contribution in [1.82, 2.24) is 4.98 Å². The topological polar surface area (TPSA) is 68.0 Å². The maximum atomic E-state index is 11.9. The van der Waals surface area contributed by atoms with Gasteiger partial charge in [-0.25, -0.2) is 4.98 Å². The number of rotatable bonds is 8. The molecule has 1 amide bonds. The summed E-state index contributed by atoms with van der Waals surface area (Å²) in [6.45, 7) is 2.73. The van der Waals surface area contributed by atoms with Crippen molar-refractivity contribution in [3.63, 3.8) is 0 Å². The number of carbonyl (C=O) groups is 1. The first-order chi connectivity index (χ1) is 10.7. The lowest BCUT2D eigenvalue weighted by Gasteiger charge is -2.06. The number of aryl methyl sites for hydroxylation is 1. The minimum Gasteiger partial charge on any atom is -0.330 e. The van der Waals surface area contributed by atoms with Gasteiger partial charge < -0.3 is 11.1 Å². The van der Waals surface area contributed by atoms with Crippen LogP contribution in [0.1, 0.15) is 37.1 Å². The van der Waals surface area contributed by atoms with Gasteiger partial charge in [-0.2, -0.15) is 0 Å². The molecule has 0 fully saturated rings. The first-order valence-corrected chi connectivity index (χ1v) is 8.59. The third-order valence-corrected chi connectivity index (χ3v) is 4.21. The second-order valence-corrected chi connectivity index (χ2v) is 6.39. The molecule has 0 unspecified atom stereocenters. The Labute approximate surface area is 135 Å². The number of hydrogen-bond donors (Lipinski definition) is 2. The van der Waals surface area contributed by atoms with Gasteiger partial charge in [-0.3, -0.25) is 4.79 Å². The summed E-state index contributed by atoms with van der Waals surface area (Å²) in [6.07, 6.45) is 4.69. The van der Waals surface area contributed by atoms with Gasteiger partial charge >= 0.3 is 0 Å². The lowest BCUT2D eigenvalue weighted by atomic mass is 10.1. The van der Waals surface area contributed by atoms with Crippen LogP contribution in [0.3, 0.4) is 0 Å². The fourth-order valence-electron chi connectivity index (χ4n) is 2.23. The molecule has 1 aromatic carbocycles. The summed E-state index contributed by atoms with van der Waals surface area (Å²) in [7, 11) is 0. The molecule has 1 aromatic heterocycles. The molecule has 2 aromatic rings. The second kappa shape index (κ2) is 8.66. The van der Waals surface area contributed by atoms with Crippen molar-refractivity contribution in [2.45, 2.75) is 39.0 Å². The largest absolute Gasteiger partial charge is 0.330 e. The van der Waals surface area contributed by atoms with E-state index in [1.807, 2.05) is 36.6 Å². The van der Waals surface area contributed by atoms with Crippen LogP contribution in [-0.2, 0) is 4.79 Å². The number of unbranched alkanes of at least 4 members (excludes halogenated alkanes) is 3. The number of nitrogens with zero attached hydrogens (tertiary/aromatic N) is 1. The highest BCUT2D eigenvalue weighted by Crippen LogP contribution is 2.23. The molecule has 3 N–H and O–H groups in total. The number of nitrogens with one attached hydrogen (secondary N) is 1. The normalized spacial score (nSPS) is 10.6. The van der Waals surface area contributed by atoms with E-state index in [0.29, 0.717) is 6.42 Å². The highest BCUT2D eigenvalue weighted by molar-refractivity contribution is 7.09. The van der Waals surface area contributed by atoms with Crippen LogP contribution in [0.5, 0.6) is 0 Å². The van der Waals surface area contributed by atoms with Crippen molar-refractivity contribution in [1.29, 1.82) is 0 Å². The van der Waals surface area contributed by atoms with Gasteiger partial charge in [0.25, 0.3) is 0 Å². The summed E-state index contributed by atoms with van der Waals surface area (Å²) < 4.78 is 0. The van der Waals surface area contributed by atoms with Crippen molar-refractivity contribution in [2.24, 2.45) is 5.73 Å². The number of hydrogen-bond acceptors (Lipinski definition) is 4. The molecule has 0 radical (unpaired) electrons. The molecule has 0 atom stereocenters. The fourth-order valence-corrected chi connectivity index (χ4v) is 2.85. The van der Waals surface area contributed by atoms with Crippen LogP contribution >= 0.6 is 11.3 Å². The Kier molecular flexibility index (Phi) is 6.55.